The summed E-state index contributed by atoms with van der Waals surface area (Å²) in [5.41, 5.74) is 1.09. The normalized spacial score (nSPS) is 25.1. The van der Waals surface area contributed by atoms with E-state index in [1.54, 1.807) is 4.31 Å². The predicted octanol–water partition coefficient (Wildman–Crippen LogP) is 3.05. The second-order valence-corrected chi connectivity index (χ2v) is 8.48. The van der Waals surface area contributed by atoms with Crippen molar-refractivity contribution in [1.82, 2.24) is 9.62 Å². The number of nitrogens with one attached hydrogen (secondary N) is 1. The predicted molar refractivity (Wildman–Crippen MR) is 91.6 cm³/mol. The number of hydrogen-bond acceptors (Lipinski definition) is 3. The van der Waals surface area contributed by atoms with E-state index in [0.717, 1.165) is 23.4 Å². The van der Waals surface area contributed by atoms with E-state index in [2.05, 4.69) is 19.2 Å². The van der Waals surface area contributed by atoms with E-state index in [0.29, 0.717) is 25.0 Å². The van der Waals surface area contributed by atoms with E-state index < -0.39 is 10.0 Å². The van der Waals surface area contributed by atoms with Gasteiger partial charge in [0.2, 0.25) is 10.0 Å². The van der Waals surface area contributed by atoms with E-state index >= 15 is 0 Å². The smallest absolute Gasteiger partial charge is 0.211 e. The van der Waals surface area contributed by atoms with Crippen LogP contribution < -0.4 is 5.32 Å². The summed E-state index contributed by atoms with van der Waals surface area (Å²) in [6.45, 7) is 5.41. The molecule has 6 heteroatoms. The molecule has 124 valence electrons. The van der Waals surface area contributed by atoms with Crippen LogP contribution in [0.15, 0.2) is 24.3 Å². The van der Waals surface area contributed by atoms with Crippen LogP contribution in [0.4, 0.5) is 0 Å². The first-order chi connectivity index (χ1) is 10.3. The highest BCUT2D eigenvalue weighted by Gasteiger charge is 2.32. The van der Waals surface area contributed by atoms with Gasteiger partial charge in [-0.1, -0.05) is 43.1 Å². The SMILES string of the molecule is CC[C@@H]1CN(S(C)(=O)=O)CC[C@@H]1N[C@@H](C)c1ccccc1Cl. The van der Waals surface area contributed by atoms with Crippen LogP contribution in [0.5, 0.6) is 0 Å². The molecule has 1 aliphatic heterocycles. The van der Waals surface area contributed by atoms with Crippen molar-refractivity contribution >= 4 is 21.6 Å². The van der Waals surface area contributed by atoms with Gasteiger partial charge in [-0.25, -0.2) is 12.7 Å². The van der Waals surface area contributed by atoms with Crippen LogP contribution in [-0.4, -0.2) is 38.1 Å². The van der Waals surface area contributed by atoms with Crippen LogP contribution in [-0.2, 0) is 10.0 Å². The first kappa shape index (κ1) is 17.7. The molecule has 0 unspecified atom stereocenters. The quantitative estimate of drug-likeness (QED) is 0.893. The number of piperidine rings is 1. The van der Waals surface area contributed by atoms with Gasteiger partial charge in [0, 0.05) is 30.2 Å². The Balaban J connectivity index is 2.05. The summed E-state index contributed by atoms with van der Waals surface area (Å²) in [7, 11) is -3.10. The van der Waals surface area contributed by atoms with Gasteiger partial charge in [-0.3, -0.25) is 0 Å². The van der Waals surface area contributed by atoms with Gasteiger partial charge >= 0.3 is 0 Å². The number of benzene rings is 1. The lowest BCUT2D eigenvalue weighted by molar-refractivity contribution is 0.193. The zero-order chi connectivity index (χ0) is 16.3. The molecule has 1 N–H and O–H groups in total. The van der Waals surface area contributed by atoms with Gasteiger partial charge in [0.1, 0.15) is 0 Å². The lowest BCUT2D eigenvalue weighted by Crippen LogP contribution is -2.51. The van der Waals surface area contributed by atoms with Crippen molar-refractivity contribution in [3.05, 3.63) is 34.9 Å². The molecule has 0 spiro atoms. The number of sulfonamides is 1. The van der Waals surface area contributed by atoms with Crippen molar-refractivity contribution in [1.29, 1.82) is 0 Å². The van der Waals surface area contributed by atoms with Crippen molar-refractivity contribution in [3.63, 3.8) is 0 Å². The highest BCUT2D eigenvalue weighted by Crippen LogP contribution is 2.27. The fraction of sp³-hybridized carbons (Fsp3) is 0.625. The van der Waals surface area contributed by atoms with Crippen LogP contribution in [0.1, 0.15) is 38.3 Å². The molecule has 1 fully saturated rings. The topological polar surface area (TPSA) is 49.4 Å². The van der Waals surface area contributed by atoms with Crippen LogP contribution in [0, 0.1) is 5.92 Å². The highest BCUT2D eigenvalue weighted by atomic mass is 35.5. The lowest BCUT2D eigenvalue weighted by Gasteiger charge is -2.39. The lowest BCUT2D eigenvalue weighted by atomic mass is 9.90. The maximum Gasteiger partial charge on any atom is 0.211 e. The molecule has 0 bridgehead atoms. The Hall–Kier alpha value is -0.620. The highest BCUT2D eigenvalue weighted by molar-refractivity contribution is 7.88. The number of hydrogen-bond donors (Lipinski definition) is 1. The van der Waals surface area contributed by atoms with E-state index in [1.165, 1.54) is 6.26 Å². The minimum absolute atomic E-state index is 0.150. The van der Waals surface area contributed by atoms with Gasteiger partial charge in [-0.05, 0) is 30.9 Å². The maximum atomic E-state index is 11.7. The Bertz CT molecular complexity index is 606. The molecule has 1 heterocycles. The summed E-state index contributed by atoms with van der Waals surface area (Å²) in [5.74, 6) is 0.327. The summed E-state index contributed by atoms with van der Waals surface area (Å²) >= 11 is 6.26. The Labute approximate surface area is 138 Å². The molecule has 3 atom stereocenters. The molecule has 0 amide bonds. The third-order valence-corrected chi connectivity index (χ3v) is 6.14. The van der Waals surface area contributed by atoms with Crippen molar-refractivity contribution < 1.29 is 8.42 Å². The summed E-state index contributed by atoms with van der Waals surface area (Å²) in [6.07, 6.45) is 3.08. The number of rotatable bonds is 5. The summed E-state index contributed by atoms with van der Waals surface area (Å²) < 4.78 is 25.1. The van der Waals surface area contributed by atoms with Crippen LogP contribution in [0.25, 0.3) is 0 Å². The summed E-state index contributed by atoms with van der Waals surface area (Å²) in [5, 5.41) is 4.41. The van der Waals surface area contributed by atoms with Crippen molar-refractivity contribution in [2.24, 2.45) is 5.92 Å². The molecule has 0 radical (unpaired) electrons. The average Bonchev–Trinajstić information content (AvgIpc) is 2.46. The molecule has 1 saturated heterocycles. The monoisotopic (exact) mass is 344 g/mol. The third-order valence-electron chi connectivity index (χ3n) is 4.53. The van der Waals surface area contributed by atoms with E-state index in [-0.39, 0.29) is 6.04 Å². The summed E-state index contributed by atoms with van der Waals surface area (Å²) in [4.78, 5) is 0. The minimum atomic E-state index is -3.10. The Kier molecular flexibility index (Phi) is 5.88. The second kappa shape index (κ2) is 7.30. The van der Waals surface area contributed by atoms with Gasteiger partial charge in [-0.2, -0.15) is 0 Å². The van der Waals surface area contributed by atoms with Gasteiger partial charge in [0.15, 0.2) is 0 Å². The average molecular weight is 345 g/mol. The molecule has 1 aromatic rings. The molecule has 1 aliphatic rings. The molecule has 4 nitrogen and oxygen atoms in total. The van der Waals surface area contributed by atoms with Crippen molar-refractivity contribution in [2.45, 2.75) is 38.8 Å². The minimum Gasteiger partial charge on any atom is -0.307 e. The van der Waals surface area contributed by atoms with Crippen LogP contribution in [0.3, 0.4) is 0 Å². The first-order valence-electron chi connectivity index (χ1n) is 7.78. The molecule has 0 saturated carbocycles. The molecule has 2 rings (SSSR count). The zero-order valence-electron chi connectivity index (χ0n) is 13.4. The summed E-state index contributed by atoms with van der Waals surface area (Å²) in [6, 6.07) is 8.32. The number of nitrogens with zero attached hydrogens (tertiary/aromatic N) is 1. The van der Waals surface area contributed by atoms with E-state index in [1.807, 2.05) is 24.3 Å². The van der Waals surface area contributed by atoms with Gasteiger partial charge < -0.3 is 5.32 Å². The maximum absolute atomic E-state index is 11.7. The fourth-order valence-corrected chi connectivity index (χ4v) is 4.37. The fourth-order valence-electron chi connectivity index (χ4n) is 3.17. The zero-order valence-corrected chi connectivity index (χ0v) is 15.0. The standard InChI is InChI=1S/C16H25ClN2O2S/c1-4-13-11-19(22(3,20)21)10-9-16(13)18-12(2)14-7-5-6-8-15(14)17/h5-8,12-13,16,18H,4,9-11H2,1-3H3/t12-,13+,16-/m0/s1. The first-order valence-corrected chi connectivity index (χ1v) is 10.0. The van der Waals surface area contributed by atoms with Crippen LogP contribution >= 0.6 is 11.6 Å². The van der Waals surface area contributed by atoms with Crippen molar-refractivity contribution in [3.8, 4) is 0 Å². The molecular weight excluding hydrogens is 320 g/mol. The largest absolute Gasteiger partial charge is 0.307 e. The molecular formula is C16H25ClN2O2S. The Morgan fingerprint density at radius 2 is 2.09 bits per heavy atom. The third kappa shape index (κ3) is 4.22. The molecule has 22 heavy (non-hydrogen) atoms. The molecule has 0 aliphatic carbocycles. The van der Waals surface area contributed by atoms with Crippen molar-refractivity contribution in [2.75, 3.05) is 19.3 Å². The Morgan fingerprint density at radius 3 is 2.68 bits per heavy atom. The van der Waals surface area contributed by atoms with E-state index in [4.69, 9.17) is 11.6 Å². The molecule has 0 aromatic heterocycles. The number of halogens is 1. The van der Waals surface area contributed by atoms with Crippen LogP contribution in [0.2, 0.25) is 5.02 Å². The van der Waals surface area contributed by atoms with Gasteiger partial charge in [-0.15, -0.1) is 0 Å². The van der Waals surface area contributed by atoms with E-state index in [9.17, 15) is 8.42 Å². The Morgan fingerprint density at radius 1 is 1.41 bits per heavy atom. The van der Waals surface area contributed by atoms with Gasteiger partial charge in [0.25, 0.3) is 0 Å². The second-order valence-electron chi connectivity index (χ2n) is 6.09. The van der Waals surface area contributed by atoms with Gasteiger partial charge in [0.05, 0.1) is 6.26 Å². The molecule has 1 aromatic carbocycles.